The van der Waals surface area contributed by atoms with Gasteiger partial charge in [0.1, 0.15) is 0 Å². The summed E-state index contributed by atoms with van der Waals surface area (Å²) in [4.78, 5) is 0. The van der Waals surface area contributed by atoms with Crippen LogP contribution in [0.3, 0.4) is 0 Å². The quantitative estimate of drug-likeness (QED) is 0.271. The predicted molar refractivity (Wildman–Crippen MR) is 125 cm³/mol. The van der Waals surface area contributed by atoms with Gasteiger partial charge in [-0.1, -0.05) is 60.8 Å². The second-order valence-corrected chi connectivity index (χ2v) is 21.0. The van der Waals surface area contributed by atoms with E-state index >= 15 is 0 Å². The van der Waals surface area contributed by atoms with Crippen LogP contribution in [0.5, 0.6) is 0 Å². The highest BCUT2D eigenvalue weighted by Crippen LogP contribution is 2.38. The van der Waals surface area contributed by atoms with Gasteiger partial charge in [-0.15, -0.1) is 0 Å². The molecule has 0 aliphatic rings. The van der Waals surface area contributed by atoms with Crippen molar-refractivity contribution in [2.75, 3.05) is 6.61 Å². The van der Waals surface area contributed by atoms with Gasteiger partial charge in [-0.05, 0) is 62.5 Å². The molecule has 0 aliphatic carbocycles. The largest absolute Gasteiger partial charge is 0.417 e. The van der Waals surface area contributed by atoms with Crippen molar-refractivity contribution in [3.05, 3.63) is 0 Å². The monoisotopic (exact) mass is 418 g/mol. The molecule has 0 aliphatic heterocycles. The maximum Gasteiger partial charge on any atom is 0.192 e. The number of rotatable bonds is 12. The first kappa shape index (κ1) is 27.3. The highest BCUT2D eigenvalue weighted by atomic mass is 28.4. The van der Waals surface area contributed by atoms with Gasteiger partial charge in [0, 0.05) is 12.7 Å². The minimum absolute atomic E-state index is 0.138. The summed E-state index contributed by atoms with van der Waals surface area (Å²) in [5.74, 6) is 0. The maximum atomic E-state index is 10.3. The predicted octanol–water partition coefficient (Wildman–Crippen LogP) is 7.12. The van der Waals surface area contributed by atoms with E-state index in [0.29, 0.717) is 5.04 Å². The van der Waals surface area contributed by atoms with Crippen LogP contribution in [-0.4, -0.2) is 40.6 Å². The lowest BCUT2D eigenvalue weighted by atomic mass is 10.0. The second kappa shape index (κ2) is 10.9. The molecule has 27 heavy (non-hydrogen) atoms. The highest BCUT2D eigenvalue weighted by Gasteiger charge is 2.38. The van der Waals surface area contributed by atoms with E-state index in [0.717, 1.165) is 32.3 Å². The van der Waals surface area contributed by atoms with E-state index in [9.17, 15) is 5.11 Å². The van der Waals surface area contributed by atoms with Crippen LogP contribution >= 0.6 is 0 Å². The number of aliphatic hydroxyl groups excluding tert-OH is 1. The number of aliphatic hydroxyl groups is 1. The van der Waals surface area contributed by atoms with Crippen molar-refractivity contribution in [1.29, 1.82) is 0 Å². The fourth-order valence-electron chi connectivity index (χ4n) is 2.61. The van der Waals surface area contributed by atoms with Gasteiger partial charge in [-0.25, -0.2) is 0 Å². The lowest BCUT2D eigenvalue weighted by Crippen LogP contribution is -2.43. The SMILES string of the molecule is C[C@@H](C[C@H](O)CCCCCCO[Si](C)(C)C(C)(C)C)O[Si](C)(C)C(C)(C)C. The molecular weight excluding hydrogens is 368 g/mol. The molecule has 0 saturated heterocycles. The third-order valence-electron chi connectivity index (χ3n) is 6.61. The molecule has 0 spiro atoms. The van der Waals surface area contributed by atoms with Crippen LogP contribution in [0.15, 0.2) is 0 Å². The molecule has 0 radical (unpaired) electrons. The molecule has 164 valence electrons. The van der Waals surface area contributed by atoms with Crippen LogP contribution in [-0.2, 0) is 8.85 Å². The Bertz CT molecular complexity index is 409. The van der Waals surface area contributed by atoms with E-state index < -0.39 is 16.6 Å². The van der Waals surface area contributed by atoms with E-state index in [4.69, 9.17) is 8.85 Å². The first-order chi connectivity index (χ1) is 12.0. The van der Waals surface area contributed by atoms with Gasteiger partial charge in [0.15, 0.2) is 16.6 Å². The topological polar surface area (TPSA) is 38.7 Å². The Morgan fingerprint density at radius 3 is 1.74 bits per heavy atom. The molecule has 0 amide bonds. The molecule has 5 heteroatoms. The fraction of sp³-hybridized carbons (Fsp3) is 1.00. The summed E-state index contributed by atoms with van der Waals surface area (Å²) in [6.07, 6.45) is 6.12. The molecule has 0 fully saturated rings. The molecular formula is C22H50O3Si2. The lowest BCUT2D eigenvalue weighted by Gasteiger charge is -2.38. The summed E-state index contributed by atoms with van der Waals surface area (Å²) >= 11 is 0. The molecule has 2 atom stereocenters. The van der Waals surface area contributed by atoms with Crippen LogP contribution in [0.1, 0.15) is 87.0 Å². The van der Waals surface area contributed by atoms with Gasteiger partial charge in [0.2, 0.25) is 0 Å². The maximum absolute atomic E-state index is 10.3. The first-order valence-electron chi connectivity index (χ1n) is 11.0. The second-order valence-electron chi connectivity index (χ2n) is 11.4. The summed E-state index contributed by atoms with van der Waals surface area (Å²) in [6.45, 7) is 25.8. The smallest absolute Gasteiger partial charge is 0.192 e. The molecule has 0 aromatic carbocycles. The van der Waals surface area contributed by atoms with Gasteiger partial charge in [-0.3, -0.25) is 0 Å². The van der Waals surface area contributed by atoms with E-state index in [1.165, 1.54) is 12.8 Å². The normalized spacial score (nSPS) is 16.4. The van der Waals surface area contributed by atoms with Gasteiger partial charge >= 0.3 is 0 Å². The van der Waals surface area contributed by atoms with Gasteiger partial charge < -0.3 is 14.0 Å². The first-order valence-corrected chi connectivity index (χ1v) is 16.8. The summed E-state index contributed by atoms with van der Waals surface area (Å²) in [6, 6.07) is 0. The molecule has 0 saturated carbocycles. The average molecular weight is 419 g/mol. The van der Waals surface area contributed by atoms with Crippen LogP contribution < -0.4 is 0 Å². The van der Waals surface area contributed by atoms with Crippen molar-refractivity contribution in [2.24, 2.45) is 0 Å². The number of hydrogen-bond acceptors (Lipinski definition) is 3. The van der Waals surface area contributed by atoms with Crippen molar-refractivity contribution in [3.63, 3.8) is 0 Å². The van der Waals surface area contributed by atoms with Crippen molar-refractivity contribution in [1.82, 2.24) is 0 Å². The van der Waals surface area contributed by atoms with Crippen LogP contribution in [0.4, 0.5) is 0 Å². The van der Waals surface area contributed by atoms with Crippen LogP contribution in [0.25, 0.3) is 0 Å². The molecule has 0 aromatic heterocycles. The van der Waals surface area contributed by atoms with E-state index in [1.54, 1.807) is 0 Å². The molecule has 0 aromatic rings. The van der Waals surface area contributed by atoms with Crippen LogP contribution in [0.2, 0.25) is 36.3 Å². The zero-order valence-corrected chi connectivity index (χ0v) is 22.4. The Kier molecular flexibility index (Phi) is 11.0. The summed E-state index contributed by atoms with van der Waals surface area (Å²) < 4.78 is 12.6. The Hall–Kier alpha value is 0.314. The number of hydrogen-bond donors (Lipinski definition) is 1. The third-order valence-corrected chi connectivity index (χ3v) is 15.7. The Morgan fingerprint density at radius 1 is 0.778 bits per heavy atom. The standard InChI is InChI=1S/C22H50O3Si2/c1-19(25-27(10,11)22(5,6)7)18-20(23)16-14-12-13-15-17-24-26(8,9)21(2,3)4/h19-20,23H,12-18H2,1-11H3/t19-,20+/m0/s1. The van der Waals surface area contributed by atoms with Crippen molar-refractivity contribution < 1.29 is 14.0 Å². The van der Waals surface area contributed by atoms with Gasteiger partial charge in [-0.2, -0.15) is 0 Å². The lowest BCUT2D eigenvalue weighted by molar-refractivity contribution is 0.0879. The van der Waals surface area contributed by atoms with Gasteiger partial charge in [0.05, 0.1) is 6.10 Å². The summed E-state index contributed by atoms with van der Waals surface area (Å²) in [7, 11) is -3.33. The Balaban J connectivity index is 3.91. The highest BCUT2D eigenvalue weighted by molar-refractivity contribution is 6.74. The van der Waals surface area contributed by atoms with Crippen LogP contribution in [0, 0.1) is 0 Å². The van der Waals surface area contributed by atoms with E-state index in [1.807, 2.05) is 0 Å². The summed E-state index contributed by atoms with van der Waals surface area (Å²) in [5.41, 5.74) is 0. The molecule has 0 bridgehead atoms. The zero-order chi connectivity index (χ0) is 21.5. The molecule has 0 unspecified atom stereocenters. The minimum Gasteiger partial charge on any atom is -0.417 e. The third kappa shape index (κ3) is 10.6. The molecule has 3 nitrogen and oxygen atoms in total. The summed E-state index contributed by atoms with van der Waals surface area (Å²) in [5, 5.41) is 10.8. The average Bonchev–Trinajstić information content (AvgIpc) is 2.42. The molecule has 0 heterocycles. The van der Waals surface area contributed by atoms with Crippen molar-refractivity contribution in [3.8, 4) is 0 Å². The Morgan fingerprint density at radius 2 is 1.26 bits per heavy atom. The minimum atomic E-state index is -1.74. The number of unbranched alkanes of at least 4 members (excludes halogenated alkanes) is 3. The van der Waals surface area contributed by atoms with E-state index in [2.05, 4.69) is 74.7 Å². The fourth-order valence-corrected chi connectivity index (χ4v) is 5.15. The molecule has 1 N–H and O–H groups in total. The Labute approximate surface area is 172 Å². The molecule has 0 rings (SSSR count). The van der Waals surface area contributed by atoms with Gasteiger partial charge in [0.25, 0.3) is 0 Å². The van der Waals surface area contributed by atoms with E-state index in [-0.39, 0.29) is 17.2 Å². The zero-order valence-electron chi connectivity index (χ0n) is 20.4. The van der Waals surface area contributed by atoms with Crippen molar-refractivity contribution >= 4 is 16.6 Å². The van der Waals surface area contributed by atoms with Crippen molar-refractivity contribution in [2.45, 2.75) is 135 Å².